The number of benzene rings is 2. The fourth-order valence-corrected chi connectivity index (χ4v) is 2.45. The zero-order chi connectivity index (χ0) is 15.0. The van der Waals surface area contributed by atoms with Gasteiger partial charge in [0.25, 0.3) is 0 Å². The van der Waals surface area contributed by atoms with Crippen molar-refractivity contribution in [2.75, 3.05) is 0 Å². The molecule has 0 aliphatic carbocycles. The molecule has 0 aliphatic heterocycles. The molecular formula is C16H11F4N. The first-order chi connectivity index (χ1) is 9.95. The standard InChI is InChI=1S/C16H11F4N/c17-12-7-5-10(6-8-12)15(16(18,19)20)14-9-11-3-1-2-4-13(11)21-14/h1-9,15,21H. The minimum atomic E-state index is -4.46. The van der Waals surface area contributed by atoms with Gasteiger partial charge in [0.05, 0.1) is 0 Å². The summed E-state index contributed by atoms with van der Waals surface area (Å²) in [6, 6.07) is 12.9. The number of aromatic amines is 1. The van der Waals surface area contributed by atoms with Gasteiger partial charge in [0.2, 0.25) is 0 Å². The van der Waals surface area contributed by atoms with E-state index in [2.05, 4.69) is 4.98 Å². The van der Waals surface area contributed by atoms with Gasteiger partial charge in [-0.2, -0.15) is 13.2 Å². The molecule has 3 aromatic rings. The van der Waals surface area contributed by atoms with Crippen molar-refractivity contribution in [3.8, 4) is 0 Å². The lowest BCUT2D eigenvalue weighted by atomic mass is 9.95. The Hall–Kier alpha value is -2.30. The maximum absolute atomic E-state index is 13.4. The molecule has 1 unspecified atom stereocenters. The number of hydrogen-bond donors (Lipinski definition) is 1. The second kappa shape index (κ2) is 4.91. The van der Waals surface area contributed by atoms with Crippen molar-refractivity contribution < 1.29 is 17.6 Å². The van der Waals surface area contributed by atoms with Gasteiger partial charge in [0.15, 0.2) is 0 Å². The number of aromatic nitrogens is 1. The molecule has 1 N–H and O–H groups in total. The topological polar surface area (TPSA) is 15.8 Å². The van der Waals surface area contributed by atoms with Crippen LogP contribution in [0.25, 0.3) is 10.9 Å². The Balaban J connectivity index is 2.13. The summed E-state index contributed by atoms with van der Waals surface area (Å²) in [6.07, 6.45) is -4.46. The molecular weight excluding hydrogens is 282 g/mol. The molecule has 0 aliphatic rings. The molecule has 0 amide bonds. The molecule has 3 rings (SSSR count). The Bertz CT molecular complexity index is 723. The van der Waals surface area contributed by atoms with Crippen molar-refractivity contribution in [3.63, 3.8) is 0 Å². The van der Waals surface area contributed by atoms with Crippen molar-refractivity contribution in [2.45, 2.75) is 12.1 Å². The number of rotatable bonds is 2. The summed E-state index contributed by atoms with van der Waals surface area (Å²) >= 11 is 0. The fourth-order valence-electron chi connectivity index (χ4n) is 2.45. The molecule has 1 nitrogen and oxygen atoms in total. The van der Waals surface area contributed by atoms with Gasteiger partial charge in [-0.05, 0) is 35.2 Å². The van der Waals surface area contributed by atoms with Crippen molar-refractivity contribution in [2.24, 2.45) is 0 Å². The van der Waals surface area contributed by atoms with Crippen molar-refractivity contribution in [1.29, 1.82) is 0 Å². The van der Waals surface area contributed by atoms with Gasteiger partial charge in [-0.1, -0.05) is 30.3 Å². The Morgan fingerprint density at radius 3 is 2.19 bits per heavy atom. The van der Waals surface area contributed by atoms with Crippen LogP contribution in [0.4, 0.5) is 17.6 Å². The molecule has 1 atom stereocenters. The average molecular weight is 293 g/mol. The number of fused-ring (bicyclic) bond motifs is 1. The van der Waals surface area contributed by atoms with E-state index in [4.69, 9.17) is 0 Å². The van der Waals surface area contributed by atoms with Crippen LogP contribution in [0.3, 0.4) is 0 Å². The van der Waals surface area contributed by atoms with Gasteiger partial charge < -0.3 is 4.98 Å². The van der Waals surface area contributed by atoms with E-state index in [0.717, 1.165) is 12.1 Å². The highest BCUT2D eigenvalue weighted by molar-refractivity contribution is 5.80. The Morgan fingerprint density at radius 1 is 0.905 bits per heavy atom. The number of H-pyrrole nitrogens is 1. The van der Waals surface area contributed by atoms with Crippen LogP contribution in [0.5, 0.6) is 0 Å². The van der Waals surface area contributed by atoms with Crippen LogP contribution < -0.4 is 0 Å². The maximum atomic E-state index is 13.4. The first-order valence-corrected chi connectivity index (χ1v) is 6.35. The summed E-state index contributed by atoms with van der Waals surface area (Å²) in [5.74, 6) is -2.36. The van der Waals surface area contributed by atoms with E-state index >= 15 is 0 Å². The number of alkyl halides is 3. The zero-order valence-corrected chi connectivity index (χ0v) is 10.8. The number of para-hydroxylation sites is 1. The van der Waals surface area contributed by atoms with Gasteiger partial charge in [-0.3, -0.25) is 0 Å². The van der Waals surface area contributed by atoms with Crippen LogP contribution in [-0.2, 0) is 0 Å². The van der Waals surface area contributed by atoms with Crippen LogP contribution in [0.2, 0.25) is 0 Å². The largest absolute Gasteiger partial charge is 0.401 e. The van der Waals surface area contributed by atoms with Crippen molar-refractivity contribution in [1.82, 2.24) is 4.98 Å². The third kappa shape index (κ3) is 2.63. The average Bonchev–Trinajstić information content (AvgIpc) is 2.82. The van der Waals surface area contributed by atoms with E-state index in [1.54, 1.807) is 24.3 Å². The van der Waals surface area contributed by atoms with Crippen molar-refractivity contribution >= 4 is 10.9 Å². The highest BCUT2D eigenvalue weighted by Crippen LogP contribution is 2.40. The molecule has 108 valence electrons. The molecule has 0 saturated heterocycles. The Kier molecular flexibility index (Phi) is 3.20. The molecule has 1 aromatic heterocycles. The van der Waals surface area contributed by atoms with E-state index in [-0.39, 0.29) is 11.3 Å². The molecule has 1 heterocycles. The normalized spacial score (nSPS) is 13.5. The highest BCUT2D eigenvalue weighted by Gasteiger charge is 2.42. The summed E-state index contributed by atoms with van der Waals surface area (Å²) < 4.78 is 53.1. The third-order valence-electron chi connectivity index (χ3n) is 3.39. The summed E-state index contributed by atoms with van der Waals surface area (Å²) in [5.41, 5.74) is 0.703. The van der Waals surface area contributed by atoms with Crippen LogP contribution >= 0.6 is 0 Å². The lowest BCUT2D eigenvalue weighted by molar-refractivity contribution is -0.141. The molecule has 2 aromatic carbocycles. The second-order valence-electron chi connectivity index (χ2n) is 4.84. The van der Waals surface area contributed by atoms with Crippen LogP contribution in [0.1, 0.15) is 17.2 Å². The van der Waals surface area contributed by atoms with Crippen LogP contribution in [0.15, 0.2) is 54.6 Å². The Morgan fingerprint density at radius 2 is 1.57 bits per heavy atom. The maximum Gasteiger partial charge on any atom is 0.401 e. The molecule has 0 saturated carbocycles. The van der Waals surface area contributed by atoms with E-state index < -0.39 is 17.9 Å². The molecule has 0 spiro atoms. The van der Waals surface area contributed by atoms with Gasteiger partial charge >= 0.3 is 6.18 Å². The first kappa shape index (κ1) is 13.7. The summed E-state index contributed by atoms with van der Waals surface area (Å²) in [4.78, 5) is 2.80. The smallest absolute Gasteiger partial charge is 0.358 e. The lowest BCUT2D eigenvalue weighted by Crippen LogP contribution is -2.22. The predicted molar refractivity (Wildman–Crippen MR) is 72.6 cm³/mol. The molecule has 0 radical (unpaired) electrons. The van der Waals surface area contributed by atoms with E-state index in [0.29, 0.717) is 10.9 Å². The minimum absolute atomic E-state index is 0.00968. The summed E-state index contributed by atoms with van der Waals surface area (Å²) in [6.45, 7) is 0. The summed E-state index contributed by atoms with van der Waals surface area (Å²) in [5, 5.41) is 0.712. The van der Waals surface area contributed by atoms with E-state index in [1.807, 2.05) is 0 Å². The second-order valence-corrected chi connectivity index (χ2v) is 4.84. The predicted octanol–water partition coefficient (Wildman–Crippen LogP) is 5.00. The number of halogens is 4. The molecule has 21 heavy (non-hydrogen) atoms. The van der Waals surface area contributed by atoms with E-state index in [1.165, 1.54) is 18.2 Å². The molecule has 5 heteroatoms. The monoisotopic (exact) mass is 293 g/mol. The summed E-state index contributed by atoms with van der Waals surface area (Å²) in [7, 11) is 0. The van der Waals surface area contributed by atoms with Crippen LogP contribution in [-0.4, -0.2) is 11.2 Å². The van der Waals surface area contributed by atoms with Gasteiger partial charge in [0, 0.05) is 11.2 Å². The highest BCUT2D eigenvalue weighted by atomic mass is 19.4. The minimum Gasteiger partial charge on any atom is -0.358 e. The van der Waals surface area contributed by atoms with Crippen LogP contribution in [0, 0.1) is 5.82 Å². The quantitative estimate of drug-likeness (QED) is 0.640. The van der Waals surface area contributed by atoms with Gasteiger partial charge in [0.1, 0.15) is 11.7 Å². The fraction of sp³-hybridized carbons (Fsp3) is 0.125. The molecule has 0 bridgehead atoms. The Labute approximate surface area is 118 Å². The number of nitrogens with one attached hydrogen (secondary N) is 1. The number of hydrogen-bond acceptors (Lipinski definition) is 0. The van der Waals surface area contributed by atoms with Gasteiger partial charge in [-0.25, -0.2) is 4.39 Å². The van der Waals surface area contributed by atoms with E-state index in [9.17, 15) is 17.6 Å². The van der Waals surface area contributed by atoms with Crippen molar-refractivity contribution in [3.05, 3.63) is 71.7 Å². The third-order valence-corrected chi connectivity index (χ3v) is 3.39. The zero-order valence-electron chi connectivity index (χ0n) is 10.8. The molecule has 0 fully saturated rings. The SMILES string of the molecule is Fc1ccc(C(c2cc3ccccc3[nH]2)C(F)(F)F)cc1. The van der Waals surface area contributed by atoms with Gasteiger partial charge in [-0.15, -0.1) is 0 Å². The first-order valence-electron chi connectivity index (χ1n) is 6.35. The lowest BCUT2D eigenvalue weighted by Gasteiger charge is -2.19.